The smallest absolute Gasteiger partial charge is 0.252 e. The maximum absolute atomic E-state index is 12.1. The summed E-state index contributed by atoms with van der Waals surface area (Å²) >= 11 is 0. The highest BCUT2D eigenvalue weighted by Crippen LogP contribution is 2.11. The van der Waals surface area contributed by atoms with Crippen LogP contribution < -0.4 is 16.8 Å². The Bertz CT molecular complexity index is 595. The van der Waals surface area contributed by atoms with Crippen molar-refractivity contribution in [3.05, 3.63) is 34.9 Å². The van der Waals surface area contributed by atoms with Gasteiger partial charge in [-0.15, -0.1) is 0 Å². The molecule has 20 heavy (non-hydrogen) atoms. The molecule has 0 aliphatic carbocycles. The third-order valence-corrected chi connectivity index (χ3v) is 2.87. The standard InChI is InChI=1S/C15H19N3O2/c1-10-6-7-12(9-11(10)5-4-8-16)13(19)18-15(2,3)14(17)20/h6-7,9H,8,16H2,1-3H3,(H2,17,20)(H,18,19). The topological polar surface area (TPSA) is 98.2 Å². The molecule has 1 aromatic carbocycles. The average Bonchev–Trinajstić information content (AvgIpc) is 2.37. The van der Waals surface area contributed by atoms with Crippen LogP contribution in [-0.2, 0) is 4.79 Å². The van der Waals surface area contributed by atoms with E-state index in [1.807, 2.05) is 6.92 Å². The van der Waals surface area contributed by atoms with E-state index in [0.29, 0.717) is 5.56 Å². The molecular weight excluding hydrogens is 254 g/mol. The zero-order chi connectivity index (χ0) is 15.3. The Kier molecular flexibility index (Phi) is 4.89. The lowest BCUT2D eigenvalue weighted by atomic mass is 10.0. The number of primary amides is 1. The summed E-state index contributed by atoms with van der Waals surface area (Å²) in [5.74, 6) is 4.69. The van der Waals surface area contributed by atoms with E-state index in [-0.39, 0.29) is 12.5 Å². The van der Waals surface area contributed by atoms with Gasteiger partial charge in [0.05, 0.1) is 6.54 Å². The monoisotopic (exact) mass is 273 g/mol. The van der Waals surface area contributed by atoms with Gasteiger partial charge in [-0.3, -0.25) is 9.59 Å². The van der Waals surface area contributed by atoms with Crippen molar-refractivity contribution in [2.45, 2.75) is 26.3 Å². The Balaban J connectivity index is 3.03. The summed E-state index contributed by atoms with van der Waals surface area (Å²) in [7, 11) is 0. The molecule has 5 heteroatoms. The van der Waals surface area contributed by atoms with Crippen LogP contribution in [0.3, 0.4) is 0 Å². The molecule has 0 saturated carbocycles. The molecule has 2 amide bonds. The summed E-state index contributed by atoms with van der Waals surface area (Å²) < 4.78 is 0. The van der Waals surface area contributed by atoms with Crippen LogP contribution in [0, 0.1) is 18.8 Å². The van der Waals surface area contributed by atoms with E-state index in [4.69, 9.17) is 11.5 Å². The number of nitrogens with one attached hydrogen (secondary N) is 1. The highest BCUT2D eigenvalue weighted by molar-refractivity contribution is 5.98. The van der Waals surface area contributed by atoms with Gasteiger partial charge in [-0.25, -0.2) is 0 Å². The van der Waals surface area contributed by atoms with Gasteiger partial charge in [0.15, 0.2) is 0 Å². The van der Waals surface area contributed by atoms with Crippen molar-refractivity contribution < 1.29 is 9.59 Å². The van der Waals surface area contributed by atoms with Crippen molar-refractivity contribution in [1.29, 1.82) is 0 Å². The molecule has 0 fully saturated rings. The zero-order valence-corrected chi connectivity index (χ0v) is 11.9. The maximum Gasteiger partial charge on any atom is 0.252 e. The number of aryl methyl sites for hydroxylation is 1. The first-order valence-corrected chi connectivity index (χ1v) is 6.20. The molecular formula is C15H19N3O2. The molecule has 0 spiro atoms. The van der Waals surface area contributed by atoms with Crippen LogP contribution in [0.4, 0.5) is 0 Å². The fourth-order valence-electron chi connectivity index (χ4n) is 1.46. The molecule has 0 aliphatic rings. The third-order valence-electron chi connectivity index (χ3n) is 2.87. The largest absolute Gasteiger partial charge is 0.368 e. The molecule has 0 unspecified atom stereocenters. The molecule has 0 aliphatic heterocycles. The van der Waals surface area contributed by atoms with E-state index in [0.717, 1.165) is 11.1 Å². The normalized spacial score (nSPS) is 10.4. The van der Waals surface area contributed by atoms with Gasteiger partial charge in [0.1, 0.15) is 5.54 Å². The molecule has 0 atom stereocenters. The van der Waals surface area contributed by atoms with Crippen molar-refractivity contribution in [2.24, 2.45) is 11.5 Å². The number of carbonyl (C=O) groups excluding carboxylic acids is 2. The molecule has 0 bridgehead atoms. The molecule has 106 valence electrons. The summed E-state index contributed by atoms with van der Waals surface area (Å²) in [4.78, 5) is 23.3. The minimum Gasteiger partial charge on any atom is -0.368 e. The predicted molar refractivity (Wildman–Crippen MR) is 77.9 cm³/mol. The highest BCUT2D eigenvalue weighted by atomic mass is 16.2. The van der Waals surface area contributed by atoms with Crippen molar-refractivity contribution >= 4 is 11.8 Å². The Morgan fingerprint density at radius 3 is 2.55 bits per heavy atom. The number of hydrogen-bond donors (Lipinski definition) is 3. The van der Waals surface area contributed by atoms with E-state index in [1.165, 1.54) is 0 Å². The van der Waals surface area contributed by atoms with Crippen molar-refractivity contribution in [1.82, 2.24) is 5.32 Å². The summed E-state index contributed by atoms with van der Waals surface area (Å²) in [5, 5.41) is 2.59. The molecule has 1 rings (SSSR count). The fraction of sp³-hybridized carbons (Fsp3) is 0.333. The van der Waals surface area contributed by atoms with Gasteiger partial charge in [-0.1, -0.05) is 17.9 Å². The minimum atomic E-state index is -1.11. The lowest BCUT2D eigenvalue weighted by molar-refractivity contribution is -0.122. The summed E-state index contributed by atoms with van der Waals surface area (Å²) in [6, 6.07) is 5.15. The first kappa shape index (κ1) is 15.7. The number of benzene rings is 1. The molecule has 0 aromatic heterocycles. The van der Waals surface area contributed by atoms with Gasteiger partial charge in [-0.05, 0) is 38.5 Å². The van der Waals surface area contributed by atoms with E-state index >= 15 is 0 Å². The maximum atomic E-state index is 12.1. The van der Waals surface area contributed by atoms with Gasteiger partial charge in [-0.2, -0.15) is 0 Å². The number of hydrogen-bond acceptors (Lipinski definition) is 3. The Morgan fingerprint density at radius 2 is 2.00 bits per heavy atom. The molecule has 0 heterocycles. The second-order valence-corrected chi connectivity index (χ2v) is 4.98. The van der Waals surface area contributed by atoms with Crippen LogP contribution in [0.2, 0.25) is 0 Å². The fourth-order valence-corrected chi connectivity index (χ4v) is 1.46. The number of rotatable bonds is 3. The van der Waals surface area contributed by atoms with Gasteiger partial charge < -0.3 is 16.8 Å². The molecule has 0 saturated heterocycles. The Hall–Kier alpha value is -2.32. The first-order chi connectivity index (χ1) is 9.27. The van der Waals surface area contributed by atoms with Crippen LogP contribution in [0.1, 0.15) is 35.3 Å². The van der Waals surface area contributed by atoms with Crippen LogP contribution in [-0.4, -0.2) is 23.9 Å². The molecule has 5 nitrogen and oxygen atoms in total. The summed E-state index contributed by atoms with van der Waals surface area (Å²) in [5.41, 5.74) is 11.6. The molecule has 5 N–H and O–H groups in total. The van der Waals surface area contributed by atoms with Gasteiger partial charge >= 0.3 is 0 Å². The highest BCUT2D eigenvalue weighted by Gasteiger charge is 2.27. The second kappa shape index (κ2) is 6.22. The average molecular weight is 273 g/mol. The SMILES string of the molecule is Cc1ccc(C(=O)NC(C)(C)C(N)=O)cc1C#CCN. The van der Waals surface area contributed by atoms with Crippen LogP contribution >= 0.6 is 0 Å². The number of amides is 2. The van der Waals surface area contributed by atoms with E-state index < -0.39 is 11.4 Å². The Morgan fingerprint density at radius 1 is 1.35 bits per heavy atom. The van der Waals surface area contributed by atoms with Gasteiger partial charge in [0.25, 0.3) is 5.91 Å². The quantitative estimate of drug-likeness (QED) is 0.691. The zero-order valence-electron chi connectivity index (χ0n) is 11.9. The first-order valence-electron chi connectivity index (χ1n) is 6.20. The second-order valence-electron chi connectivity index (χ2n) is 4.98. The number of carbonyl (C=O) groups is 2. The molecule has 1 aromatic rings. The van der Waals surface area contributed by atoms with Gasteiger partial charge in [0.2, 0.25) is 5.91 Å². The summed E-state index contributed by atoms with van der Waals surface area (Å²) in [6.45, 7) is 5.26. The van der Waals surface area contributed by atoms with E-state index in [9.17, 15) is 9.59 Å². The van der Waals surface area contributed by atoms with Crippen molar-refractivity contribution in [2.75, 3.05) is 6.54 Å². The van der Waals surface area contributed by atoms with Crippen molar-refractivity contribution in [3.63, 3.8) is 0 Å². The minimum absolute atomic E-state index is 0.255. The van der Waals surface area contributed by atoms with Gasteiger partial charge in [0, 0.05) is 11.1 Å². The third kappa shape index (κ3) is 3.84. The van der Waals surface area contributed by atoms with Crippen LogP contribution in [0.25, 0.3) is 0 Å². The van der Waals surface area contributed by atoms with E-state index in [2.05, 4.69) is 17.2 Å². The molecule has 0 radical (unpaired) electrons. The number of nitrogens with two attached hydrogens (primary N) is 2. The summed E-state index contributed by atoms with van der Waals surface area (Å²) in [6.07, 6.45) is 0. The lowest BCUT2D eigenvalue weighted by Gasteiger charge is -2.22. The predicted octanol–water partition coefficient (Wildman–Crippen LogP) is 0.299. The van der Waals surface area contributed by atoms with Crippen LogP contribution in [0.15, 0.2) is 18.2 Å². The van der Waals surface area contributed by atoms with E-state index in [1.54, 1.807) is 32.0 Å². The van der Waals surface area contributed by atoms with Crippen molar-refractivity contribution in [3.8, 4) is 11.8 Å². The Labute approximate surface area is 118 Å². The lowest BCUT2D eigenvalue weighted by Crippen LogP contribution is -2.53. The van der Waals surface area contributed by atoms with Crippen LogP contribution in [0.5, 0.6) is 0 Å².